The van der Waals surface area contributed by atoms with Crippen molar-refractivity contribution in [3.63, 3.8) is 0 Å². The lowest BCUT2D eigenvalue weighted by Gasteiger charge is -2.23. The molecule has 7 nitrogen and oxygen atoms in total. The highest BCUT2D eigenvalue weighted by Gasteiger charge is 2.23. The highest BCUT2D eigenvalue weighted by atomic mass is 32.1. The number of unbranched alkanes of at least 4 members (excludes halogenated alkanes) is 1. The fourth-order valence-electron chi connectivity index (χ4n) is 3.20. The molecule has 0 aliphatic carbocycles. The molecule has 0 radical (unpaired) electrons. The molecule has 0 aliphatic rings. The van der Waals surface area contributed by atoms with Crippen molar-refractivity contribution < 1.29 is 4.79 Å². The summed E-state index contributed by atoms with van der Waals surface area (Å²) in [5.41, 5.74) is 6.89. The maximum Gasteiger partial charge on any atom is 0.330 e. The van der Waals surface area contributed by atoms with E-state index >= 15 is 0 Å². The zero-order valence-corrected chi connectivity index (χ0v) is 18.4. The summed E-state index contributed by atoms with van der Waals surface area (Å²) in [5.74, 6) is -0.401. The highest BCUT2D eigenvalue weighted by Crippen LogP contribution is 2.22. The van der Waals surface area contributed by atoms with Gasteiger partial charge in [0.15, 0.2) is 5.69 Å². The van der Waals surface area contributed by atoms with Gasteiger partial charge in [-0.1, -0.05) is 43.7 Å². The number of nitrogen functional groups attached to an aromatic ring is 1. The quantitative estimate of drug-likeness (QED) is 0.525. The lowest BCUT2D eigenvalue weighted by molar-refractivity contribution is -0.114. The Labute approximate surface area is 184 Å². The van der Waals surface area contributed by atoms with Gasteiger partial charge in [-0.3, -0.25) is 24.0 Å². The third kappa shape index (κ3) is 5.21. The zero-order chi connectivity index (χ0) is 22.4. The molecule has 3 N–H and O–H groups in total. The van der Waals surface area contributed by atoms with Gasteiger partial charge >= 0.3 is 5.69 Å². The number of amides is 1. The minimum Gasteiger partial charge on any atom is -0.383 e. The molecule has 0 unspecified atom stereocenters. The normalized spacial score (nSPS) is 11.2. The van der Waals surface area contributed by atoms with Crippen molar-refractivity contribution in [3.05, 3.63) is 84.7 Å². The van der Waals surface area contributed by atoms with Gasteiger partial charge < -0.3 is 5.73 Å². The first-order chi connectivity index (χ1) is 14.9. The zero-order valence-electron chi connectivity index (χ0n) is 17.6. The van der Waals surface area contributed by atoms with Crippen LogP contribution in [0.4, 0.5) is 11.5 Å². The van der Waals surface area contributed by atoms with Crippen LogP contribution in [-0.2, 0) is 17.9 Å². The van der Waals surface area contributed by atoms with E-state index < -0.39 is 17.2 Å². The van der Waals surface area contributed by atoms with Crippen LogP contribution in [0.25, 0.3) is 6.08 Å². The number of hydrogen-bond acceptors (Lipinski definition) is 5. The second-order valence-corrected chi connectivity index (χ2v) is 8.16. The fraction of sp³-hybridized carbons (Fsp3) is 0.261. The molecule has 0 bridgehead atoms. The molecule has 162 valence electrons. The minimum atomic E-state index is -0.680. The Balaban J connectivity index is 2.07. The van der Waals surface area contributed by atoms with Crippen LogP contribution >= 0.6 is 11.3 Å². The number of carbonyl (C=O) groups is 1. The van der Waals surface area contributed by atoms with Gasteiger partial charge in [0.25, 0.3) is 11.5 Å². The van der Waals surface area contributed by atoms with Crippen molar-refractivity contribution in [2.24, 2.45) is 0 Å². The number of nitrogens with zero attached hydrogens (tertiary/aromatic N) is 2. The fourth-order valence-corrected chi connectivity index (χ4v) is 4.02. The number of rotatable bonds is 8. The van der Waals surface area contributed by atoms with Crippen molar-refractivity contribution in [2.45, 2.75) is 39.8 Å². The van der Waals surface area contributed by atoms with Crippen molar-refractivity contribution in [2.75, 3.05) is 10.6 Å². The molecule has 0 aliphatic heterocycles. The summed E-state index contributed by atoms with van der Waals surface area (Å²) < 4.78 is 1.32. The largest absolute Gasteiger partial charge is 0.383 e. The van der Waals surface area contributed by atoms with E-state index in [9.17, 15) is 14.4 Å². The first-order valence-corrected chi connectivity index (χ1v) is 11.0. The number of benzene rings is 1. The number of nitrogens with two attached hydrogens (primary N) is 1. The number of nitrogens with one attached hydrogen (secondary N) is 1. The standard InChI is InChI=1S/C23H26N4O3S/c1-3-4-13-26-21(24)20(22(29)25-23(26)30)27(15-17-8-6-5-7-9-17)19(28)11-10-18-16(2)12-14-31-18/h5-12,14H,3-4,13,15,24H2,1-2H3,(H,25,29,30)/b11-10+. The topological polar surface area (TPSA) is 101 Å². The SMILES string of the molecule is CCCCn1c(N)c(N(Cc2ccccc2)C(=O)/C=C/c2sccc2C)c(=O)[nH]c1=O. The van der Waals surface area contributed by atoms with Crippen molar-refractivity contribution in [1.82, 2.24) is 9.55 Å². The first kappa shape index (κ1) is 22.3. The summed E-state index contributed by atoms with van der Waals surface area (Å²) in [4.78, 5) is 42.9. The predicted molar refractivity (Wildman–Crippen MR) is 126 cm³/mol. The number of aromatic nitrogens is 2. The van der Waals surface area contributed by atoms with Gasteiger partial charge in [-0.2, -0.15) is 0 Å². The highest BCUT2D eigenvalue weighted by molar-refractivity contribution is 7.11. The van der Waals surface area contributed by atoms with E-state index in [0.717, 1.165) is 28.8 Å². The van der Waals surface area contributed by atoms with E-state index in [0.29, 0.717) is 6.54 Å². The first-order valence-electron chi connectivity index (χ1n) is 10.1. The lowest BCUT2D eigenvalue weighted by Crippen LogP contribution is -2.40. The molecule has 31 heavy (non-hydrogen) atoms. The molecular formula is C23H26N4O3S. The summed E-state index contributed by atoms with van der Waals surface area (Å²) in [7, 11) is 0. The second-order valence-electron chi connectivity index (χ2n) is 7.21. The Morgan fingerprint density at radius 2 is 1.97 bits per heavy atom. The number of hydrogen-bond donors (Lipinski definition) is 2. The van der Waals surface area contributed by atoms with Crippen LogP contribution in [0.3, 0.4) is 0 Å². The van der Waals surface area contributed by atoms with E-state index in [2.05, 4.69) is 4.98 Å². The molecule has 8 heteroatoms. The van der Waals surface area contributed by atoms with E-state index in [1.165, 1.54) is 26.9 Å². The molecule has 1 amide bonds. The average molecular weight is 439 g/mol. The van der Waals surface area contributed by atoms with Crippen LogP contribution in [-0.4, -0.2) is 15.5 Å². The molecule has 0 atom stereocenters. The Hall–Kier alpha value is -3.39. The Morgan fingerprint density at radius 1 is 1.23 bits per heavy atom. The van der Waals surface area contributed by atoms with E-state index in [4.69, 9.17) is 5.73 Å². The van der Waals surface area contributed by atoms with Crippen molar-refractivity contribution in [1.29, 1.82) is 0 Å². The number of anilines is 2. The smallest absolute Gasteiger partial charge is 0.330 e. The van der Waals surface area contributed by atoms with Crippen LogP contribution in [0, 0.1) is 6.92 Å². The summed E-state index contributed by atoms with van der Waals surface area (Å²) in [5, 5.41) is 1.95. The summed E-state index contributed by atoms with van der Waals surface area (Å²) in [6, 6.07) is 11.3. The molecule has 0 saturated heterocycles. The van der Waals surface area contributed by atoms with Crippen molar-refractivity contribution in [3.8, 4) is 0 Å². The molecule has 3 aromatic rings. The lowest BCUT2D eigenvalue weighted by atomic mass is 10.2. The van der Waals surface area contributed by atoms with Gasteiger partial charge in [0.1, 0.15) is 5.82 Å². The molecule has 0 saturated carbocycles. The molecule has 2 aromatic heterocycles. The Kier molecular flexibility index (Phi) is 7.25. The Bertz CT molecular complexity index is 1190. The molecule has 0 fully saturated rings. The van der Waals surface area contributed by atoms with Crippen LogP contribution < -0.4 is 21.9 Å². The van der Waals surface area contributed by atoms with Gasteiger partial charge in [0.2, 0.25) is 0 Å². The molecule has 3 rings (SSSR count). The van der Waals surface area contributed by atoms with E-state index in [1.807, 2.05) is 55.6 Å². The third-order valence-electron chi connectivity index (χ3n) is 4.95. The minimum absolute atomic E-state index is 0.00724. The van der Waals surface area contributed by atoms with Crippen LogP contribution in [0.5, 0.6) is 0 Å². The number of aryl methyl sites for hydroxylation is 1. The summed E-state index contributed by atoms with van der Waals surface area (Å²) in [6.45, 7) is 4.47. The molecule has 1 aromatic carbocycles. The molecule has 2 heterocycles. The number of H-pyrrole nitrogens is 1. The van der Waals surface area contributed by atoms with E-state index in [-0.39, 0.29) is 18.1 Å². The average Bonchev–Trinajstić information content (AvgIpc) is 3.16. The molecular weight excluding hydrogens is 412 g/mol. The van der Waals surface area contributed by atoms with Gasteiger partial charge in [-0.15, -0.1) is 11.3 Å². The third-order valence-corrected chi connectivity index (χ3v) is 5.93. The van der Waals surface area contributed by atoms with Crippen molar-refractivity contribution >= 4 is 34.8 Å². The maximum absolute atomic E-state index is 13.2. The van der Waals surface area contributed by atoms with Crippen LogP contribution in [0.1, 0.15) is 35.8 Å². The predicted octanol–water partition coefficient (Wildman–Crippen LogP) is 3.54. The summed E-state index contributed by atoms with van der Waals surface area (Å²) >= 11 is 1.53. The summed E-state index contributed by atoms with van der Waals surface area (Å²) in [6.07, 6.45) is 4.75. The van der Waals surface area contributed by atoms with Gasteiger partial charge in [0.05, 0.1) is 6.54 Å². The Morgan fingerprint density at radius 3 is 2.61 bits per heavy atom. The van der Waals surface area contributed by atoms with Crippen LogP contribution in [0.15, 0.2) is 57.4 Å². The maximum atomic E-state index is 13.2. The molecule has 0 spiro atoms. The van der Waals surface area contributed by atoms with Gasteiger partial charge in [-0.25, -0.2) is 4.79 Å². The number of thiophene rings is 1. The van der Waals surface area contributed by atoms with Crippen LogP contribution in [0.2, 0.25) is 0 Å². The number of carbonyl (C=O) groups excluding carboxylic acids is 1. The van der Waals surface area contributed by atoms with E-state index in [1.54, 1.807) is 6.08 Å². The monoisotopic (exact) mass is 438 g/mol. The number of aromatic amines is 1. The van der Waals surface area contributed by atoms with Gasteiger partial charge in [0, 0.05) is 17.5 Å². The van der Waals surface area contributed by atoms with Gasteiger partial charge in [-0.05, 0) is 42.0 Å². The second kappa shape index (κ2) is 10.1.